The van der Waals surface area contributed by atoms with Gasteiger partial charge in [-0.2, -0.15) is 0 Å². The lowest BCUT2D eigenvalue weighted by Crippen LogP contribution is -2.26. The van der Waals surface area contributed by atoms with Crippen molar-refractivity contribution >= 4 is 17.3 Å². The Bertz CT molecular complexity index is 514. The number of H-pyrrole nitrogens is 1. The second-order valence-corrected chi connectivity index (χ2v) is 5.53. The fourth-order valence-corrected chi connectivity index (χ4v) is 2.49. The molecule has 0 saturated carbocycles. The molecule has 90 valence electrons. The van der Waals surface area contributed by atoms with E-state index in [1.807, 2.05) is 23.8 Å². The number of carbonyl (C=O) groups is 1. The summed E-state index contributed by atoms with van der Waals surface area (Å²) in [6.45, 7) is 3.43. The lowest BCUT2D eigenvalue weighted by atomic mass is 9.90. The average molecular weight is 250 g/mol. The Labute approximate surface area is 103 Å². The van der Waals surface area contributed by atoms with Crippen molar-refractivity contribution in [2.24, 2.45) is 5.41 Å². The van der Waals surface area contributed by atoms with E-state index in [1.165, 1.54) is 11.3 Å². The molecular formula is C12H14N2O2S. The van der Waals surface area contributed by atoms with E-state index in [0.717, 1.165) is 16.3 Å². The lowest BCUT2D eigenvalue weighted by Gasteiger charge is -2.16. The van der Waals surface area contributed by atoms with Gasteiger partial charge in [0.1, 0.15) is 0 Å². The first-order chi connectivity index (χ1) is 7.99. The maximum atomic E-state index is 11.0. The molecule has 17 heavy (non-hydrogen) atoms. The molecule has 0 bridgehead atoms. The van der Waals surface area contributed by atoms with E-state index in [9.17, 15) is 4.79 Å². The van der Waals surface area contributed by atoms with Crippen molar-refractivity contribution < 1.29 is 9.90 Å². The summed E-state index contributed by atoms with van der Waals surface area (Å²) in [5, 5.41) is 11.9. The highest BCUT2D eigenvalue weighted by molar-refractivity contribution is 7.10. The number of nitrogens with zero attached hydrogens (tertiary/aromatic N) is 1. The molecule has 0 aliphatic heterocycles. The van der Waals surface area contributed by atoms with Crippen molar-refractivity contribution in [3.8, 4) is 11.3 Å². The summed E-state index contributed by atoms with van der Waals surface area (Å²) in [4.78, 5) is 18.5. The molecule has 2 aromatic rings. The van der Waals surface area contributed by atoms with E-state index in [2.05, 4.69) is 9.97 Å². The highest BCUT2D eigenvalue weighted by Gasteiger charge is 2.28. The van der Waals surface area contributed by atoms with Gasteiger partial charge in [0, 0.05) is 29.8 Å². The van der Waals surface area contributed by atoms with Crippen LogP contribution < -0.4 is 0 Å². The number of carboxylic acid groups (broad SMARTS) is 1. The largest absolute Gasteiger partial charge is 0.481 e. The fourth-order valence-electron chi connectivity index (χ4n) is 1.46. The molecule has 0 amide bonds. The molecule has 4 nitrogen and oxygen atoms in total. The molecule has 0 saturated heterocycles. The number of nitrogens with one attached hydrogen (secondary N) is 1. The van der Waals surface area contributed by atoms with E-state index < -0.39 is 11.4 Å². The Morgan fingerprint density at radius 3 is 2.94 bits per heavy atom. The van der Waals surface area contributed by atoms with Gasteiger partial charge >= 0.3 is 5.97 Å². The first-order valence-corrected chi connectivity index (χ1v) is 6.18. The molecule has 0 fully saturated rings. The van der Waals surface area contributed by atoms with Gasteiger partial charge in [-0.3, -0.25) is 4.79 Å². The average Bonchev–Trinajstić information content (AvgIpc) is 2.85. The van der Waals surface area contributed by atoms with Crippen LogP contribution in [0.3, 0.4) is 0 Å². The molecule has 5 heteroatoms. The number of carboxylic acids is 1. The third-order valence-electron chi connectivity index (χ3n) is 2.62. The molecule has 0 aliphatic rings. The third kappa shape index (κ3) is 2.55. The first kappa shape index (κ1) is 11.9. The highest BCUT2D eigenvalue weighted by atomic mass is 32.1. The van der Waals surface area contributed by atoms with E-state index in [-0.39, 0.29) is 0 Å². The van der Waals surface area contributed by atoms with Gasteiger partial charge in [-0.1, -0.05) is 0 Å². The smallest absolute Gasteiger partial charge is 0.309 e. The molecule has 0 spiro atoms. The normalized spacial score (nSPS) is 11.6. The van der Waals surface area contributed by atoms with Crippen molar-refractivity contribution in [3.63, 3.8) is 0 Å². The predicted molar refractivity (Wildman–Crippen MR) is 67.0 cm³/mol. The summed E-state index contributed by atoms with van der Waals surface area (Å²) in [5.74, 6) is -0.795. The van der Waals surface area contributed by atoms with Gasteiger partial charge in [-0.05, 0) is 19.9 Å². The fraction of sp³-hybridized carbons (Fsp3) is 0.333. The molecule has 0 aromatic carbocycles. The Morgan fingerprint density at radius 2 is 2.35 bits per heavy atom. The van der Waals surface area contributed by atoms with Crippen LogP contribution in [0, 0.1) is 5.41 Å². The van der Waals surface area contributed by atoms with Gasteiger partial charge in [-0.15, -0.1) is 11.3 Å². The van der Waals surface area contributed by atoms with Gasteiger partial charge < -0.3 is 10.1 Å². The van der Waals surface area contributed by atoms with E-state index >= 15 is 0 Å². The monoisotopic (exact) mass is 250 g/mol. The van der Waals surface area contributed by atoms with Crippen molar-refractivity contribution in [1.82, 2.24) is 9.97 Å². The topological polar surface area (TPSA) is 66.0 Å². The van der Waals surface area contributed by atoms with E-state index in [0.29, 0.717) is 6.42 Å². The van der Waals surface area contributed by atoms with Crippen molar-refractivity contribution in [2.45, 2.75) is 20.3 Å². The molecule has 0 aliphatic carbocycles. The minimum absolute atomic E-state index is 0.456. The van der Waals surface area contributed by atoms with Crippen LogP contribution in [0.25, 0.3) is 11.3 Å². The number of aromatic nitrogens is 2. The highest BCUT2D eigenvalue weighted by Crippen LogP contribution is 2.27. The van der Waals surface area contributed by atoms with E-state index in [1.54, 1.807) is 13.8 Å². The lowest BCUT2D eigenvalue weighted by molar-refractivity contribution is -0.146. The molecule has 2 rings (SSSR count). The van der Waals surface area contributed by atoms with Gasteiger partial charge in [0.25, 0.3) is 0 Å². The number of thiazole rings is 1. The summed E-state index contributed by atoms with van der Waals surface area (Å²) in [6.07, 6.45) is 4.17. The zero-order valence-electron chi connectivity index (χ0n) is 9.73. The summed E-state index contributed by atoms with van der Waals surface area (Å²) >= 11 is 1.50. The minimum Gasteiger partial charge on any atom is -0.481 e. The van der Waals surface area contributed by atoms with Crippen LogP contribution in [-0.2, 0) is 11.2 Å². The Kier molecular flexibility index (Phi) is 3.02. The molecule has 0 atom stereocenters. The minimum atomic E-state index is -0.795. The number of hydrogen-bond acceptors (Lipinski definition) is 3. The van der Waals surface area contributed by atoms with Gasteiger partial charge in [0.2, 0.25) is 0 Å². The first-order valence-electron chi connectivity index (χ1n) is 5.30. The van der Waals surface area contributed by atoms with Gasteiger partial charge in [0.05, 0.1) is 16.1 Å². The molecule has 0 radical (unpaired) electrons. The number of rotatable bonds is 4. The summed E-state index contributed by atoms with van der Waals surface area (Å²) < 4.78 is 0. The van der Waals surface area contributed by atoms with Crippen LogP contribution in [0.4, 0.5) is 0 Å². The maximum Gasteiger partial charge on any atom is 0.309 e. The second-order valence-electron chi connectivity index (χ2n) is 4.59. The number of hydrogen-bond donors (Lipinski definition) is 2. The molecule has 2 N–H and O–H groups in total. The standard InChI is InChI=1S/C12H14N2O2S/c1-12(2,11(15)16)5-10-14-9(7-17-10)8-3-4-13-6-8/h3-4,6-7,13H,5H2,1-2H3,(H,15,16). The number of aromatic amines is 1. The summed E-state index contributed by atoms with van der Waals surface area (Å²) in [6, 6.07) is 1.95. The molecule has 0 unspecified atom stereocenters. The van der Waals surface area contributed by atoms with Crippen LogP contribution in [0.2, 0.25) is 0 Å². The van der Waals surface area contributed by atoms with E-state index in [4.69, 9.17) is 5.11 Å². The van der Waals surface area contributed by atoms with Crippen LogP contribution >= 0.6 is 11.3 Å². The van der Waals surface area contributed by atoms with Crippen LogP contribution in [0.5, 0.6) is 0 Å². The summed E-state index contributed by atoms with van der Waals surface area (Å²) in [7, 11) is 0. The van der Waals surface area contributed by atoms with Crippen LogP contribution in [0.15, 0.2) is 23.8 Å². The molecule has 2 heterocycles. The Balaban J connectivity index is 2.17. The number of aliphatic carboxylic acids is 1. The Morgan fingerprint density at radius 1 is 1.59 bits per heavy atom. The Hall–Kier alpha value is -1.62. The van der Waals surface area contributed by atoms with Crippen LogP contribution in [0.1, 0.15) is 18.9 Å². The second kappa shape index (κ2) is 4.33. The molecule has 2 aromatic heterocycles. The van der Waals surface area contributed by atoms with Crippen molar-refractivity contribution in [1.29, 1.82) is 0 Å². The maximum absolute atomic E-state index is 11.0. The van der Waals surface area contributed by atoms with Gasteiger partial charge in [0.15, 0.2) is 0 Å². The SMILES string of the molecule is CC(C)(Cc1nc(-c2cc[nH]c2)cs1)C(=O)O. The third-order valence-corrected chi connectivity index (χ3v) is 3.47. The van der Waals surface area contributed by atoms with Gasteiger partial charge in [-0.25, -0.2) is 4.98 Å². The van der Waals surface area contributed by atoms with Crippen molar-refractivity contribution in [3.05, 3.63) is 28.8 Å². The van der Waals surface area contributed by atoms with Crippen molar-refractivity contribution in [2.75, 3.05) is 0 Å². The predicted octanol–water partition coefficient (Wildman–Crippen LogP) is 2.79. The molecular weight excluding hydrogens is 236 g/mol. The quantitative estimate of drug-likeness (QED) is 0.876. The zero-order valence-corrected chi connectivity index (χ0v) is 10.5. The van der Waals surface area contributed by atoms with Crippen LogP contribution in [-0.4, -0.2) is 21.0 Å². The zero-order chi connectivity index (χ0) is 12.5. The summed E-state index contributed by atoms with van der Waals surface area (Å²) in [5.41, 5.74) is 1.15.